The first-order valence-electron chi connectivity index (χ1n) is 7.20. The van der Waals surface area contributed by atoms with E-state index >= 15 is 0 Å². The van der Waals surface area contributed by atoms with Crippen LogP contribution >= 0.6 is 7.82 Å². The predicted octanol–water partition coefficient (Wildman–Crippen LogP) is -1.97. The summed E-state index contributed by atoms with van der Waals surface area (Å²) in [5.74, 6) is 5.06. The number of aliphatic hydroxyl groups is 2. The van der Waals surface area contributed by atoms with E-state index in [0.29, 0.717) is 0 Å². The largest absolute Gasteiger partial charge is 0.469 e. The maximum atomic E-state index is 11.9. The Hall–Kier alpha value is -1.77. The topological polar surface area (TPSA) is 171 Å². The van der Waals surface area contributed by atoms with Gasteiger partial charge in [0.1, 0.15) is 17.9 Å². The summed E-state index contributed by atoms with van der Waals surface area (Å²) in [6.45, 7) is -0.743. The third-order valence-electron chi connectivity index (χ3n) is 3.35. The Bertz CT molecular complexity index is 830. The Morgan fingerprint density at radius 3 is 2.80 bits per heavy atom. The van der Waals surface area contributed by atoms with Crippen molar-refractivity contribution in [1.82, 2.24) is 9.55 Å². The fraction of sp³-hybridized carbons (Fsp3) is 0.538. The lowest BCUT2D eigenvalue weighted by Crippen LogP contribution is -2.33. The van der Waals surface area contributed by atoms with Crippen LogP contribution in [0.4, 0.5) is 0 Å². The molecule has 11 nitrogen and oxygen atoms in total. The minimum Gasteiger partial charge on any atom is -0.395 e. The summed E-state index contributed by atoms with van der Waals surface area (Å²) in [7, 11) is -4.72. The third kappa shape index (κ3) is 5.35. The Morgan fingerprint density at radius 1 is 1.44 bits per heavy atom. The van der Waals surface area contributed by atoms with Gasteiger partial charge in [-0.3, -0.25) is 18.9 Å². The quantitative estimate of drug-likeness (QED) is 0.289. The highest BCUT2D eigenvalue weighted by atomic mass is 31.2. The highest BCUT2D eigenvalue weighted by Crippen LogP contribution is 2.38. The van der Waals surface area contributed by atoms with E-state index in [1.165, 1.54) is 0 Å². The number of rotatable bonds is 5. The molecule has 2 rings (SSSR count). The van der Waals surface area contributed by atoms with Crippen molar-refractivity contribution in [1.29, 1.82) is 0 Å². The standard InChI is InChI=1S/C13H17N2O9P/c16-4-2-1-3-8-6-15(13(19)14-12(8)18)11-5-9(17)10(24-11)7-23-25(20,21)22/h6,9-11,16-17H,2,4-5,7H2,(H,14,18,19)(H2,20,21,22)/t9-,10+,11+/m0/s1. The molecule has 0 aromatic carbocycles. The summed E-state index contributed by atoms with van der Waals surface area (Å²) in [5, 5.41) is 18.6. The summed E-state index contributed by atoms with van der Waals surface area (Å²) < 4.78 is 21.4. The molecule has 12 heteroatoms. The van der Waals surface area contributed by atoms with Gasteiger partial charge in [-0.25, -0.2) is 9.36 Å². The van der Waals surface area contributed by atoms with E-state index in [2.05, 4.69) is 21.3 Å². The van der Waals surface area contributed by atoms with Crippen molar-refractivity contribution >= 4 is 7.82 Å². The van der Waals surface area contributed by atoms with Crippen LogP contribution in [0.2, 0.25) is 0 Å². The maximum Gasteiger partial charge on any atom is 0.469 e. The Balaban J connectivity index is 2.20. The minimum atomic E-state index is -4.72. The molecule has 0 unspecified atom stereocenters. The van der Waals surface area contributed by atoms with Gasteiger partial charge in [0.25, 0.3) is 5.56 Å². The van der Waals surface area contributed by atoms with Gasteiger partial charge < -0.3 is 24.7 Å². The molecule has 0 aliphatic carbocycles. The summed E-state index contributed by atoms with van der Waals surface area (Å²) in [6, 6.07) is 0. The van der Waals surface area contributed by atoms with Gasteiger partial charge in [-0.05, 0) is 0 Å². The van der Waals surface area contributed by atoms with Crippen LogP contribution in [0.15, 0.2) is 15.8 Å². The van der Waals surface area contributed by atoms with Gasteiger partial charge in [0.2, 0.25) is 0 Å². The van der Waals surface area contributed by atoms with E-state index in [-0.39, 0.29) is 25.0 Å². The zero-order valence-corrected chi connectivity index (χ0v) is 13.8. The van der Waals surface area contributed by atoms with E-state index in [0.717, 1.165) is 10.8 Å². The predicted molar refractivity (Wildman–Crippen MR) is 82.4 cm³/mol. The highest BCUT2D eigenvalue weighted by molar-refractivity contribution is 7.46. The van der Waals surface area contributed by atoms with Gasteiger partial charge in [-0.15, -0.1) is 0 Å². The number of ether oxygens (including phenoxy) is 1. The van der Waals surface area contributed by atoms with Crippen LogP contribution in [0, 0.1) is 11.8 Å². The lowest BCUT2D eigenvalue weighted by molar-refractivity contribution is -0.0451. The Morgan fingerprint density at radius 2 is 2.16 bits per heavy atom. The van der Waals surface area contributed by atoms with Gasteiger partial charge in [0, 0.05) is 19.0 Å². The number of aromatic nitrogens is 2. The van der Waals surface area contributed by atoms with Crippen molar-refractivity contribution in [2.75, 3.05) is 13.2 Å². The molecule has 0 bridgehead atoms. The molecule has 0 radical (unpaired) electrons. The molecule has 138 valence electrons. The molecule has 25 heavy (non-hydrogen) atoms. The second kappa shape index (κ2) is 8.07. The number of phosphoric ester groups is 1. The van der Waals surface area contributed by atoms with Crippen molar-refractivity contribution in [3.8, 4) is 11.8 Å². The van der Waals surface area contributed by atoms with Gasteiger partial charge in [-0.2, -0.15) is 0 Å². The molecule has 5 N–H and O–H groups in total. The molecule has 0 amide bonds. The summed E-state index contributed by atoms with van der Waals surface area (Å²) in [5.41, 5.74) is -1.51. The van der Waals surface area contributed by atoms with Crippen LogP contribution in [-0.4, -0.2) is 55.0 Å². The van der Waals surface area contributed by atoms with E-state index in [1.807, 2.05) is 0 Å². The molecular weight excluding hydrogens is 359 g/mol. The first-order valence-corrected chi connectivity index (χ1v) is 8.73. The van der Waals surface area contributed by atoms with E-state index in [1.54, 1.807) is 0 Å². The van der Waals surface area contributed by atoms with Crippen molar-refractivity contribution in [3.63, 3.8) is 0 Å². The molecule has 3 atom stereocenters. The van der Waals surface area contributed by atoms with Crippen LogP contribution in [-0.2, 0) is 13.8 Å². The van der Waals surface area contributed by atoms with Gasteiger partial charge in [0.15, 0.2) is 0 Å². The third-order valence-corrected chi connectivity index (χ3v) is 3.83. The monoisotopic (exact) mass is 376 g/mol. The van der Waals surface area contributed by atoms with Crippen LogP contribution in [0.5, 0.6) is 0 Å². The number of hydrogen-bond acceptors (Lipinski definition) is 7. The van der Waals surface area contributed by atoms with Gasteiger partial charge >= 0.3 is 13.5 Å². The number of nitrogens with zero attached hydrogens (tertiary/aromatic N) is 1. The first-order chi connectivity index (χ1) is 11.7. The molecule has 1 aromatic rings. The smallest absolute Gasteiger partial charge is 0.395 e. The lowest BCUT2D eigenvalue weighted by Gasteiger charge is -2.16. The van der Waals surface area contributed by atoms with Crippen LogP contribution < -0.4 is 11.2 Å². The van der Waals surface area contributed by atoms with E-state index in [9.17, 15) is 19.3 Å². The SMILES string of the molecule is O=c1[nH]c(=O)n([C@H]2C[C@H](O)[C@@H](COP(=O)(O)O)O2)cc1C#CCCO. The summed E-state index contributed by atoms with van der Waals surface area (Å²) >= 11 is 0. The zero-order valence-electron chi connectivity index (χ0n) is 12.9. The van der Waals surface area contributed by atoms with Gasteiger partial charge in [0.05, 0.1) is 19.3 Å². The van der Waals surface area contributed by atoms with Crippen molar-refractivity contribution in [2.45, 2.75) is 31.3 Å². The minimum absolute atomic E-state index is 0.0268. The average Bonchev–Trinajstić information content (AvgIpc) is 2.87. The molecule has 0 saturated carbocycles. The molecule has 1 fully saturated rings. The van der Waals surface area contributed by atoms with Crippen molar-refractivity contribution < 1.29 is 33.8 Å². The Kier molecular flexibility index (Phi) is 6.31. The second-order valence-electron chi connectivity index (χ2n) is 5.20. The van der Waals surface area contributed by atoms with Crippen molar-refractivity contribution in [3.05, 3.63) is 32.6 Å². The fourth-order valence-electron chi connectivity index (χ4n) is 2.21. The second-order valence-corrected chi connectivity index (χ2v) is 6.44. The van der Waals surface area contributed by atoms with Gasteiger partial charge in [-0.1, -0.05) is 11.8 Å². The highest BCUT2D eigenvalue weighted by Gasteiger charge is 2.37. The molecule has 1 aliphatic heterocycles. The number of phosphoric acid groups is 1. The number of H-pyrrole nitrogens is 1. The molecule has 0 spiro atoms. The lowest BCUT2D eigenvalue weighted by atomic mass is 10.2. The van der Waals surface area contributed by atoms with E-state index in [4.69, 9.17) is 19.6 Å². The van der Waals surface area contributed by atoms with Crippen molar-refractivity contribution in [2.24, 2.45) is 0 Å². The van der Waals surface area contributed by atoms with Crippen LogP contribution in [0.3, 0.4) is 0 Å². The summed E-state index contributed by atoms with van der Waals surface area (Å²) in [6.07, 6.45) is -1.89. The number of aliphatic hydroxyl groups excluding tert-OH is 2. The number of nitrogens with one attached hydrogen (secondary N) is 1. The number of hydrogen-bond donors (Lipinski definition) is 5. The first kappa shape index (κ1) is 19.6. The fourth-order valence-corrected chi connectivity index (χ4v) is 2.55. The Labute approximate surface area is 141 Å². The van der Waals surface area contributed by atoms with Crippen LogP contribution in [0.1, 0.15) is 24.6 Å². The average molecular weight is 376 g/mol. The molecule has 1 saturated heterocycles. The number of aromatic amines is 1. The molecule has 1 aromatic heterocycles. The maximum absolute atomic E-state index is 11.9. The summed E-state index contributed by atoms with van der Waals surface area (Å²) in [4.78, 5) is 43.1. The van der Waals surface area contributed by atoms with E-state index < -0.39 is 44.1 Å². The molecule has 2 heterocycles. The molecule has 1 aliphatic rings. The zero-order chi connectivity index (χ0) is 18.6. The molecular formula is C13H17N2O9P. The normalized spacial score (nSPS) is 23.3. The van der Waals surface area contributed by atoms with Crippen LogP contribution in [0.25, 0.3) is 0 Å².